The van der Waals surface area contributed by atoms with Gasteiger partial charge in [0, 0.05) is 0 Å². The molecule has 134 valence electrons. The predicted molar refractivity (Wildman–Crippen MR) is 78.7 cm³/mol. The summed E-state index contributed by atoms with van der Waals surface area (Å²) in [5.74, 6) is -5.93. The van der Waals surface area contributed by atoms with Gasteiger partial charge in [-0.05, 0) is 24.1 Å². The summed E-state index contributed by atoms with van der Waals surface area (Å²) < 4.78 is 51.4. The second kappa shape index (κ2) is 7.61. The zero-order chi connectivity index (χ0) is 18.7. The van der Waals surface area contributed by atoms with E-state index in [1.54, 1.807) is 0 Å². The maximum Gasteiger partial charge on any atom is 0.393 e. The van der Waals surface area contributed by atoms with Gasteiger partial charge in [0.1, 0.15) is 5.82 Å². The molecule has 0 aliphatic heterocycles. The van der Waals surface area contributed by atoms with Crippen molar-refractivity contribution in [1.82, 2.24) is 0 Å². The molecule has 0 aliphatic rings. The zero-order valence-electron chi connectivity index (χ0n) is 13.0. The average molecular weight is 350 g/mol. The molecule has 1 aromatic carbocycles. The predicted octanol–water partition coefficient (Wildman–Crippen LogP) is 2.55. The molecule has 0 radical (unpaired) electrons. The quantitative estimate of drug-likeness (QED) is 0.688. The van der Waals surface area contributed by atoms with E-state index < -0.39 is 41.7 Å². The van der Waals surface area contributed by atoms with E-state index in [0.29, 0.717) is 5.56 Å². The second-order valence-electron chi connectivity index (χ2n) is 5.60. The van der Waals surface area contributed by atoms with Gasteiger partial charge in [-0.15, -0.1) is 0 Å². The van der Waals surface area contributed by atoms with E-state index in [-0.39, 0.29) is 12.1 Å². The van der Waals surface area contributed by atoms with Crippen molar-refractivity contribution in [3.8, 4) is 0 Å². The summed E-state index contributed by atoms with van der Waals surface area (Å²) in [6.07, 6.45) is -4.59. The largest absolute Gasteiger partial charge is 0.481 e. The Bertz CT molecular complexity index is 619. The van der Waals surface area contributed by atoms with Crippen molar-refractivity contribution in [3.63, 3.8) is 0 Å². The highest BCUT2D eigenvalue weighted by molar-refractivity contribution is 5.95. The van der Waals surface area contributed by atoms with Crippen LogP contribution in [-0.2, 0) is 16.0 Å². The lowest BCUT2D eigenvalue weighted by atomic mass is 10.00. The summed E-state index contributed by atoms with van der Waals surface area (Å²) in [5, 5.41) is 10.9. The topological polar surface area (TPSA) is 92.4 Å². The molecular formula is C15H18F4N2O3. The molecule has 0 spiro atoms. The summed E-state index contributed by atoms with van der Waals surface area (Å²) in [7, 11) is 0. The summed E-state index contributed by atoms with van der Waals surface area (Å²) in [6, 6.07) is 1.62. The minimum atomic E-state index is -4.66. The smallest absolute Gasteiger partial charge is 0.393 e. The molecule has 0 aromatic heterocycles. The molecule has 0 saturated heterocycles. The van der Waals surface area contributed by atoms with Crippen LogP contribution in [0.25, 0.3) is 0 Å². The number of nitrogens with one attached hydrogen (secondary N) is 1. The van der Waals surface area contributed by atoms with Crippen molar-refractivity contribution < 1.29 is 32.3 Å². The molecule has 24 heavy (non-hydrogen) atoms. The molecule has 1 rings (SSSR count). The first kappa shape index (κ1) is 19.9. The minimum Gasteiger partial charge on any atom is -0.481 e. The minimum absolute atomic E-state index is 0.0729. The van der Waals surface area contributed by atoms with Crippen LogP contribution in [-0.4, -0.2) is 29.2 Å². The molecule has 0 unspecified atom stereocenters. The van der Waals surface area contributed by atoms with Crippen molar-refractivity contribution >= 4 is 17.6 Å². The monoisotopic (exact) mass is 350 g/mol. The van der Waals surface area contributed by atoms with Crippen LogP contribution in [0.4, 0.5) is 23.2 Å². The Hall–Kier alpha value is -2.16. The van der Waals surface area contributed by atoms with Gasteiger partial charge in [0.05, 0.1) is 23.6 Å². The van der Waals surface area contributed by atoms with E-state index in [4.69, 9.17) is 10.8 Å². The van der Waals surface area contributed by atoms with E-state index in [2.05, 4.69) is 0 Å². The normalized spacial score (nSPS) is 15.5. The van der Waals surface area contributed by atoms with Crippen molar-refractivity contribution in [3.05, 3.63) is 29.6 Å². The average Bonchev–Trinajstić information content (AvgIpc) is 2.47. The third kappa shape index (κ3) is 5.19. The van der Waals surface area contributed by atoms with Crippen LogP contribution in [0.2, 0.25) is 0 Å². The molecule has 1 amide bonds. The van der Waals surface area contributed by atoms with Crippen LogP contribution in [0.3, 0.4) is 0 Å². The molecule has 0 heterocycles. The molecular weight excluding hydrogens is 332 g/mol. The Morgan fingerprint density at radius 3 is 2.38 bits per heavy atom. The number of carbonyl (C=O) groups is 2. The molecule has 9 heteroatoms. The zero-order valence-corrected chi connectivity index (χ0v) is 13.0. The Kier molecular flexibility index (Phi) is 6.30. The number of rotatable bonds is 6. The van der Waals surface area contributed by atoms with E-state index in [1.165, 1.54) is 19.1 Å². The lowest BCUT2D eigenvalue weighted by Gasteiger charge is -2.22. The van der Waals surface area contributed by atoms with Gasteiger partial charge in [0.2, 0.25) is 5.91 Å². The highest BCUT2D eigenvalue weighted by Gasteiger charge is 2.42. The maximum atomic E-state index is 13.7. The lowest BCUT2D eigenvalue weighted by Crippen LogP contribution is -2.46. The number of benzene rings is 1. The number of aliphatic carboxylic acids is 1. The van der Waals surface area contributed by atoms with Crippen molar-refractivity contribution in [2.45, 2.75) is 32.5 Å². The van der Waals surface area contributed by atoms with Crippen LogP contribution in [0.15, 0.2) is 18.2 Å². The first-order valence-electron chi connectivity index (χ1n) is 7.08. The summed E-state index contributed by atoms with van der Waals surface area (Å²) in [5.41, 5.74) is 5.34. The van der Waals surface area contributed by atoms with Crippen LogP contribution in [0, 0.1) is 17.7 Å². The summed E-state index contributed by atoms with van der Waals surface area (Å²) in [6.45, 7) is 2.20. The van der Waals surface area contributed by atoms with Crippen LogP contribution in [0.5, 0.6) is 0 Å². The Morgan fingerprint density at radius 2 is 1.88 bits per heavy atom. The fourth-order valence-corrected chi connectivity index (χ4v) is 1.88. The Labute approximate surface area is 135 Å². The number of nitrogens with two attached hydrogens (primary N) is 1. The fraction of sp³-hybridized carbons (Fsp3) is 0.467. The number of halogens is 4. The third-order valence-corrected chi connectivity index (χ3v) is 3.61. The van der Waals surface area contributed by atoms with E-state index in [9.17, 15) is 27.2 Å². The van der Waals surface area contributed by atoms with E-state index >= 15 is 0 Å². The number of anilines is 1. The van der Waals surface area contributed by atoms with E-state index in [0.717, 1.165) is 13.0 Å². The lowest BCUT2D eigenvalue weighted by molar-refractivity contribution is -0.176. The van der Waals surface area contributed by atoms with Gasteiger partial charge in [-0.3, -0.25) is 9.59 Å². The molecule has 1 aromatic rings. The molecule has 0 fully saturated rings. The van der Waals surface area contributed by atoms with Gasteiger partial charge in [0.25, 0.3) is 0 Å². The maximum absolute atomic E-state index is 13.7. The highest BCUT2D eigenvalue weighted by Crippen LogP contribution is 2.28. The Balaban J connectivity index is 2.90. The van der Waals surface area contributed by atoms with Crippen LogP contribution < -0.4 is 11.1 Å². The molecule has 0 bridgehead atoms. The van der Waals surface area contributed by atoms with Gasteiger partial charge >= 0.3 is 12.1 Å². The van der Waals surface area contributed by atoms with Crippen molar-refractivity contribution in [1.29, 1.82) is 0 Å². The summed E-state index contributed by atoms with van der Waals surface area (Å²) in [4.78, 5) is 22.6. The number of carbonyl (C=O) groups excluding carboxylic acids is 1. The molecule has 0 aliphatic carbocycles. The second-order valence-corrected chi connectivity index (χ2v) is 5.60. The van der Waals surface area contributed by atoms with Crippen molar-refractivity contribution in [2.24, 2.45) is 17.6 Å². The molecule has 0 saturated carbocycles. The first-order chi connectivity index (χ1) is 10.9. The molecule has 4 N–H and O–H groups in total. The number of alkyl halides is 3. The number of carboxylic acid groups (broad SMARTS) is 1. The van der Waals surface area contributed by atoms with Crippen molar-refractivity contribution in [2.75, 3.05) is 5.32 Å². The van der Waals surface area contributed by atoms with E-state index in [1.807, 2.05) is 5.32 Å². The van der Waals surface area contributed by atoms with Gasteiger partial charge in [-0.2, -0.15) is 13.2 Å². The number of carboxylic acids is 1. The fourth-order valence-electron chi connectivity index (χ4n) is 1.88. The standard InChI is InChI=1S/C15H18F4N2O3/c1-7(14(23)24)5-9-3-4-10(16)11(6-9)21-13(22)12(20)8(2)15(17,18)19/h3-4,6-8,12H,5,20H2,1-2H3,(H,21,22)(H,23,24)/t7-,8-,12-/m1/s1. The summed E-state index contributed by atoms with van der Waals surface area (Å²) >= 11 is 0. The highest BCUT2D eigenvalue weighted by atomic mass is 19.4. The molecule has 5 nitrogen and oxygen atoms in total. The number of hydrogen-bond donors (Lipinski definition) is 3. The van der Waals surface area contributed by atoms with Gasteiger partial charge in [0.15, 0.2) is 0 Å². The Morgan fingerprint density at radius 1 is 1.29 bits per heavy atom. The third-order valence-electron chi connectivity index (χ3n) is 3.61. The van der Waals surface area contributed by atoms with Gasteiger partial charge in [-0.1, -0.05) is 19.9 Å². The van der Waals surface area contributed by atoms with Crippen LogP contribution in [0.1, 0.15) is 19.4 Å². The molecule has 3 atom stereocenters. The number of amides is 1. The SMILES string of the molecule is C[C@H](Cc1ccc(F)c(NC(=O)[C@H](N)[C@@H](C)C(F)(F)F)c1)C(=O)O. The van der Waals surface area contributed by atoms with Crippen LogP contribution >= 0.6 is 0 Å². The first-order valence-corrected chi connectivity index (χ1v) is 7.08. The number of hydrogen-bond acceptors (Lipinski definition) is 3. The van der Waals surface area contributed by atoms with Gasteiger partial charge < -0.3 is 16.2 Å². The van der Waals surface area contributed by atoms with Gasteiger partial charge in [-0.25, -0.2) is 4.39 Å².